The fraction of sp³-hybridized carbons (Fsp3) is 0.667. The van der Waals surface area contributed by atoms with Gasteiger partial charge in [-0.3, -0.25) is 9.59 Å². The topological polar surface area (TPSA) is 67.9 Å². The van der Waals surface area contributed by atoms with Crippen molar-refractivity contribution < 1.29 is 19.1 Å². The van der Waals surface area contributed by atoms with Crippen LogP contribution in [-0.4, -0.2) is 48.6 Å². The molecule has 0 unspecified atom stereocenters. The standard InChI is InChI=1S/C24H36N2O4/c1-3-16-30-24(13-7-8-19(2)17-24)23(28)25-20-9-11-21(12-10-20)29-18-22(27)26-14-5-4-6-15-26/h9-12,19H,3-8,13-18H2,1-2H3,(H,25,28)/t19-,24-/m1/s1. The highest BCUT2D eigenvalue weighted by atomic mass is 16.5. The number of rotatable bonds is 8. The number of nitrogens with zero attached hydrogens (tertiary/aromatic N) is 1. The maximum absolute atomic E-state index is 13.1. The summed E-state index contributed by atoms with van der Waals surface area (Å²) < 4.78 is 11.7. The maximum Gasteiger partial charge on any atom is 0.260 e. The van der Waals surface area contributed by atoms with Gasteiger partial charge in [0.2, 0.25) is 0 Å². The average Bonchev–Trinajstić information content (AvgIpc) is 2.77. The molecule has 1 saturated carbocycles. The van der Waals surface area contributed by atoms with Crippen molar-refractivity contribution in [1.82, 2.24) is 4.90 Å². The normalized spacial score (nSPS) is 24.3. The second-order valence-electron chi connectivity index (χ2n) is 8.75. The molecule has 166 valence electrons. The summed E-state index contributed by atoms with van der Waals surface area (Å²) in [6.07, 6.45) is 7.92. The van der Waals surface area contributed by atoms with Crippen LogP contribution in [0.2, 0.25) is 0 Å². The van der Waals surface area contributed by atoms with Gasteiger partial charge in [-0.1, -0.05) is 20.3 Å². The molecule has 2 fully saturated rings. The van der Waals surface area contributed by atoms with Crippen molar-refractivity contribution >= 4 is 17.5 Å². The van der Waals surface area contributed by atoms with Gasteiger partial charge in [-0.2, -0.15) is 0 Å². The molecule has 0 radical (unpaired) electrons. The van der Waals surface area contributed by atoms with Gasteiger partial charge in [0.1, 0.15) is 11.4 Å². The molecule has 1 saturated heterocycles. The minimum Gasteiger partial charge on any atom is -0.484 e. The third kappa shape index (κ3) is 5.97. The summed E-state index contributed by atoms with van der Waals surface area (Å²) >= 11 is 0. The molecular formula is C24H36N2O4. The van der Waals surface area contributed by atoms with Crippen LogP contribution in [0.5, 0.6) is 5.75 Å². The van der Waals surface area contributed by atoms with Crippen molar-refractivity contribution in [1.29, 1.82) is 0 Å². The lowest BCUT2D eigenvalue weighted by Gasteiger charge is -2.38. The van der Waals surface area contributed by atoms with Crippen molar-refractivity contribution in [3.63, 3.8) is 0 Å². The number of nitrogens with one attached hydrogen (secondary N) is 1. The van der Waals surface area contributed by atoms with E-state index in [0.717, 1.165) is 58.0 Å². The number of amides is 2. The zero-order valence-electron chi connectivity index (χ0n) is 18.5. The minimum absolute atomic E-state index is 0.0357. The Morgan fingerprint density at radius 2 is 1.87 bits per heavy atom. The Labute approximate surface area is 180 Å². The van der Waals surface area contributed by atoms with E-state index in [1.165, 1.54) is 6.42 Å². The highest BCUT2D eigenvalue weighted by Crippen LogP contribution is 2.36. The molecule has 6 nitrogen and oxygen atoms in total. The molecule has 1 aliphatic heterocycles. The molecule has 0 aromatic heterocycles. The summed E-state index contributed by atoms with van der Waals surface area (Å²) in [5.41, 5.74) is -0.0172. The first-order valence-electron chi connectivity index (χ1n) is 11.5. The molecular weight excluding hydrogens is 380 g/mol. The van der Waals surface area contributed by atoms with Gasteiger partial charge >= 0.3 is 0 Å². The summed E-state index contributed by atoms with van der Waals surface area (Å²) in [5.74, 6) is 1.08. The number of ether oxygens (including phenoxy) is 2. The van der Waals surface area contributed by atoms with Crippen molar-refractivity contribution in [2.24, 2.45) is 5.92 Å². The van der Waals surface area contributed by atoms with Crippen molar-refractivity contribution in [3.8, 4) is 5.75 Å². The van der Waals surface area contributed by atoms with Crippen molar-refractivity contribution in [3.05, 3.63) is 24.3 Å². The molecule has 2 amide bonds. The lowest BCUT2D eigenvalue weighted by atomic mass is 9.78. The largest absolute Gasteiger partial charge is 0.484 e. The lowest BCUT2D eigenvalue weighted by molar-refractivity contribution is -0.148. The number of hydrogen-bond donors (Lipinski definition) is 1. The zero-order chi connectivity index (χ0) is 21.4. The molecule has 1 aliphatic carbocycles. The first kappa shape index (κ1) is 22.6. The summed E-state index contributed by atoms with van der Waals surface area (Å²) in [5, 5.41) is 3.03. The number of likely N-dealkylation sites (tertiary alicyclic amines) is 1. The van der Waals surface area contributed by atoms with E-state index in [1.807, 2.05) is 17.0 Å². The van der Waals surface area contributed by atoms with Gasteiger partial charge in [0.25, 0.3) is 11.8 Å². The molecule has 1 aromatic carbocycles. The van der Waals surface area contributed by atoms with Crippen LogP contribution in [0.4, 0.5) is 5.69 Å². The number of benzene rings is 1. The minimum atomic E-state index is -0.732. The van der Waals surface area contributed by atoms with Gasteiger partial charge < -0.3 is 19.7 Å². The van der Waals surface area contributed by atoms with E-state index in [0.29, 0.717) is 24.0 Å². The zero-order valence-corrected chi connectivity index (χ0v) is 18.5. The molecule has 6 heteroatoms. The SMILES string of the molecule is CCCO[C@]1(C(=O)Nc2ccc(OCC(=O)N3CCCCC3)cc2)CCC[C@@H](C)C1. The Bertz CT molecular complexity index is 700. The van der Waals surface area contributed by atoms with Crippen LogP contribution in [0, 0.1) is 5.92 Å². The van der Waals surface area contributed by atoms with Gasteiger partial charge in [0, 0.05) is 25.4 Å². The quantitative estimate of drug-likeness (QED) is 0.682. The van der Waals surface area contributed by atoms with Crippen LogP contribution in [0.15, 0.2) is 24.3 Å². The second-order valence-corrected chi connectivity index (χ2v) is 8.75. The highest BCUT2D eigenvalue weighted by molar-refractivity contribution is 5.97. The van der Waals surface area contributed by atoms with Crippen LogP contribution < -0.4 is 10.1 Å². The smallest absolute Gasteiger partial charge is 0.260 e. The fourth-order valence-corrected chi connectivity index (χ4v) is 4.46. The Hall–Kier alpha value is -2.08. The summed E-state index contributed by atoms with van der Waals surface area (Å²) in [4.78, 5) is 27.2. The fourth-order valence-electron chi connectivity index (χ4n) is 4.46. The molecule has 1 heterocycles. The Morgan fingerprint density at radius 1 is 1.13 bits per heavy atom. The van der Waals surface area contributed by atoms with E-state index in [2.05, 4.69) is 19.2 Å². The van der Waals surface area contributed by atoms with Gasteiger partial charge in [-0.15, -0.1) is 0 Å². The molecule has 1 aromatic rings. The van der Waals surface area contributed by atoms with Crippen LogP contribution in [0.3, 0.4) is 0 Å². The molecule has 1 N–H and O–H groups in total. The van der Waals surface area contributed by atoms with E-state index in [9.17, 15) is 9.59 Å². The average molecular weight is 417 g/mol. The molecule has 3 rings (SSSR count). The number of piperidine rings is 1. The van der Waals surface area contributed by atoms with E-state index in [-0.39, 0.29) is 18.4 Å². The van der Waals surface area contributed by atoms with Crippen LogP contribution in [0.1, 0.15) is 65.2 Å². The maximum atomic E-state index is 13.1. The highest BCUT2D eigenvalue weighted by Gasteiger charge is 2.42. The lowest BCUT2D eigenvalue weighted by Crippen LogP contribution is -2.48. The number of anilines is 1. The number of carbonyl (C=O) groups is 2. The van der Waals surface area contributed by atoms with Gasteiger partial charge in [0.15, 0.2) is 6.61 Å². The Morgan fingerprint density at radius 3 is 2.53 bits per heavy atom. The summed E-state index contributed by atoms with van der Waals surface area (Å²) in [6.45, 7) is 6.55. The van der Waals surface area contributed by atoms with Crippen LogP contribution in [0.25, 0.3) is 0 Å². The predicted octanol–water partition coefficient (Wildman–Crippen LogP) is 4.39. The van der Waals surface area contributed by atoms with Crippen LogP contribution >= 0.6 is 0 Å². The summed E-state index contributed by atoms with van der Waals surface area (Å²) in [6, 6.07) is 7.22. The molecule has 30 heavy (non-hydrogen) atoms. The van der Waals surface area contributed by atoms with Gasteiger partial charge in [-0.05, 0) is 75.1 Å². The predicted molar refractivity (Wildman–Crippen MR) is 118 cm³/mol. The first-order valence-corrected chi connectivity index (χ1v) is 11.5. The van der Waals surface area contributed by atoms with Gasteiger partial charge in [0.05, 0.1) is 0 Å². The van der Waals surface area contributed by atoms with E-state index in [1.54, 1.807) is 12.1 Å². The number of hydrogen-bond acceptors (Lipinski definition) is 4. The van der Waals surface area contributed by atoms with Crippen molar-refractivity contribution in [2.45, 2.75) is 70.8 Å². The Balaban J connectivity index is 1.54. The third-order valence-electron chi connectivity index (χ3n) is 6.14. The molecule has 0 spiro atoms. The first-order chi connectivity index (χ1) is 14.5. The van der Waals surface area contributed by atoms with Gasteiger partial charge in [-0.25, -0.2) is 0 Å². The Kier molecular flexibility index (Phi) is 8.14. The van der Waals surface area contributed by atoms with E-state index in [4.69, 9.17) is 9.47 Å². The van der Waals surface area contributed by atoms with E-state index < -0.39 is 5.60 Å². The molecule has 0 bridgehead atoms. The van der Waals surface area contributed by atoms with E-state index >= 15 is 0 Å². The third-order valence-corrected chi connectivity index (χ3v) is 6.14. The second kappa shape index (κ2) is 10.8. The monoisotopic (exact) mass is 416 g/mol. The summed E-state index contributed by atoms with van der Waals surface area (Å²) in [7, 11) is 0. The molecule has 2 atom stereocenters. The molecule has 2 aliphatic rings. The van der Waals surface area contributed by atoms with Crippen molar-refractivity contribution in [2.75, 3.05) is 31.6 Å². The van der Waals surface area contributed by atoms with Crippen LogP contribution in [-0.2, 0) is 14.3 Å². The number of carbonyl (C=O) groups excluding carboxylic acids is 2.